The molecule has 1 aliphatic rings. The summed E-state index contributed by atoms with van der Waals surface area (Å²) in [6, 6.07) is 13.1. The summed E-state index contributed by atoms with van der Waals surface area (Å²) in [5, 5.41) is 7.08. The third-order valence-electron chi connectivity index (χ3n) is 4.43. The van der Waals surface area contributed by atoms with Crippen molar-refractivity contribution in [3.8, 4) is 10.6 Å². The SMILES string of the molecule is c1ccc([C@@H]2CCCCN2Cc2ccc(-c3ccn[nH]3)s2)nc1. The largest absolute Gasteiger partial charge is 0.290 e. The van der Waals surface area contributed by atoms with Gasteiger partial charge in [0.2, 0.25) is 0 Å². The number of hydrogen-bond acceptors (Lipinski definition) is 4. The highest BCUT2D eigenvalue weighted by Gasteiger charge is 2.25. The number of likely N-dealkylation sites (tertiary alicyclic amines) is 1. The van der Waals surface area contributed by atoms with Gasteiger partial charge in [-0.15, -0.1) is 11.3 Å². The predicted octanol–water partition coefficient (Wildman–Crippen LogP) is 4.26. The fourth-order valence-electron chi connectivity index (χ4n) is 3.29. The molecule has 4 nitrogen and oxygen atoms in total. The predicted molar refractivity (Wildman–Crippen MR) is 93.1 cm³/mol. The highest BCUT2D eigenvalue weighted by atomic mass is 32.1. The van der Waals surface area contributed by atoms with Gasteiger partial charge in [-0.2, -0.15) is 5.10 Å². The fraction of sp³-hybridized carbons (Fsp3) is 0.333. The second-order valence-corrected chi connectivity index (χ2v) is 7.14. The van der Waals surface area contributed by atoms with E-state index in [2.05, 4.69) is 44.3 Å². The maximum atomic E-state index is 4.59. The van der Waals surface area contributed by atoms with Crippen LogP contribution in [0.1, 0.15) is 35.9 Å². The van der Waals surface area contributed by atoms with E-state index < -0.39 is 0 Å². The molecule has 3 aromatic heterocycles. The van der Waals surface area contributed by atoms with E-state index in [9.17, 15) is 0 Å². The van der Waals surface area contributed by atoms with Gasteiger partial charge in [0, 0.05) is 23.8 Å². The van der Waals surface area contributed by atoms with Crippen LogP contribution in [0, 0.1) is 0 Å². The molecule has 0 radical (unpaired) electrons. The minimum absolute atomic E-state index is 0.447. The number of rotatable bonds is 4. The Hall–Kier alpha value is -1.98. The molecule has 0 aliphatic carbocycles. The van der Waals surface area contributed by atoms with Crippen molar-refractivity contribution < 1.29 is 0 Å². The van der Waals surface area contributed by atoms with Gasteiger partial charge in [0.05, 0.1) is 22.3 Å². The Kier molecular flexibility index (Phi) is 4.22. The van der Waals surface area contributed by atoms with Crippen LogP contribution in [-0.2, 0) is 6.54 Å². The number of nitrogens with zero attached hydrogens (tertiary/aromatic N) is 3. The van der Waals surface area contributed by atoms with Crippen molar-refractivity contribution in [3.05, 3.63) is 59.4 Å². The Balaban J connectivity index is 1.52. The molecule has 1 saturated heterocycles. The molecular formula is C18H20N4S. The van der Waals surface area contributed by atoms with Gasteiger partial charge < -0.3 is 0 Å². The zero-order chi connectivity index (χ0) is 15.5. The van der Waals surface area contributed by atoms with E-state index in [1.54, 1.807) is 6.20 Å². The minimum atomic E-state index is 0.447. The average molecular weight is 324 g/mol. The summed E-state index contributed by atoms with van der Waals surface area (Å²) in [4.78, 5) is 9.82. The standard InChI is InChI=1S/C18H20N4S/c1-3-10-19-15(5-1)17-6-2-4-12-22(17)13-14-7-8-18(23-14)16-9-11-20-21-16/h1,3,5,7-11,17H,2,4,6,12-13H2,(H,20,21)/t17-/m0/s1. The summed E-state index contributed by atoms with van der Waals surface area (Å²) in [5.41, 5.74) is 2.30. The number of piperidine rings is 1. The number of nitrogens with one attached hydrogen (secondary N) is 1. The second kappa shape index (κ2) is 6.64. The molecule has 0 saturated carbocycles. The van der Waals surface area contributed by atoms with E-state index in [0.29, 0.717) is 6.04 Å². The molecule has 4 heterocycles. The molecule has 3 aromatic rings. The van der Waals surface area contributed by atoms with E-state index in [0.717, 1.165) is 18.8 Å². The smallest absolute Gasteiger partial charge is 0.0749 e. The highest BCUT2D eigenvalue weighted by Crippen LogP contribution is 2.33. The summed E-state index contributed by atoms with van der Waals surface area (Å²) >= 11 is 1.85. The summed E-state index contributed by atoms with van der Waals surface area (Å²) in [5.74, 6) is 0. The van der Waals surface area contributed by atoms with E-state index in [1.807, 2.05) is 29.7 Å². The van der Waals surface area contributed by atoms with Crippen LogP contribution in [0.4, 0.5) is 0 Å². The summed E-state index contributed by atoms with van der Waals surface area (Å²) in [6.07, 6.45) is 7.49. The van der Waals surface area contributed by atoms with Crippen LogP contribution in [0.2, 0.25) is 0 Å². The lowest BCUT2D eigenvalue weighted by Crippen LogP contribution is -2.33. The number of aromatic amines is 1. The number of H-pyrrole nitrogens is 1. The van der Waals surface area contributed by atoms with Gasteiger partial charge in [-0.25, -0.2) is 0 Å². The van der Waals surface area contributed by atoms with Gasteiger partial charge in [-0.05, 0) is 49.7 Å². The molecule has 4 rings (SSSR count). The van der Waals surface area contributed by atoms with Crippen molar-refractivity contribution in [2.75, 3.05) is 6.54 Å². The Morgan fingerprint density at radius 1 is 1.13 bits per heavy atom. The summed E-state index contributed by atoms with van der Waals surface area (Å²) in [7, 11) is 0. The molecule has 23 heavy (non-hydrogen) atoms. The minimum Gasteiger partial charge on any atom is -0.290 e. The summed E-state index contributed by atoms with van der Waals surface area (Å²) in [6.45, 7) is 2.15. The molecule has 1 fully saturated rings. The molecule has 0 unspecified atom stereocenters. The van der Waals surface area contributed by atoms with Crippen LogP contribution in [0.3, 0.4) is 0 Å². The van der Waals surface area contributed by atoms with Gasteiger partial charge in [0.1, 0.15) is 0 Å². The molecule has 1 aliphatic heterocycles. The average Bonchev–Trinajstić information content (AvgIpc) is 3.27. The van der Waals surface area contributed by atoms with Crippen LogP contribution in [0.15, 0.2) is 48.8 Å². The van der Waals surface area contributed by atoms with E-state index in [1.165, 1.54) is 34.7 Å². The molecule has 0 bridgehead atoms. The van der Waals surface area contributed by atoms with Crippen molar-refractivity contribution >= 4 is 11.3 Å². The maximum absolute atomic E-state index is 4.59. The van der Waals surface area contributed by atoms with Gasteiger partial charge in [-0.3, -0.25) is 15.0 Å². The first-order valence-corrected chi connectivity index (χ1v) is 8.95. The third kappa shape index (κ3) is 3.21. The number of pyridine rings is 1. The van der Waals surface area contributed by atoms with E-state index in [4.69, 9.17) is 0 Å². The monoisotopic (exact) mass is 324 g/mol. The molecular weight excluding hydrogens is 304 g/mol. The topological polar surface area (TPSA) is 44.8 Å². The maximum Gasteiger partial charge on any atom is 0.0749 e. The lowest BCUT2D eigenvalue weighted by molar-refractivity contribution is 0.138. The summed E-state index contributed by atoms with van der Waals surface area (Å²) < 4.78 is 0. The van der Waals surface area contributed by atoms with Crippen molar-refractivity contribution in [2.24, 2.45) is 0 Å². The molecule has 1 N–H and O–H groups in total. The lowest BCUT2D eigenvalue weighted by atomic mass is 9.99. The van der Waals surface area contributed by atoms with Crippen LogP contribution < -0.4 is 0 Å². The lowest BCUT2D eigenvalue weighted by Gasteiger charge is -2.35. The zero-order valence-electron chi connectivity index (χ0n) is 13.0. The van der Waals surface area contributed by atoms with Crippen LogP contribution in [0.5, 0.6) is 0 Å². The molecule has 0 amide bonds. The van der Waals surface area contributed by atoms with Crippen LogP contribution in [-0.4, -0.2) is 26.6 Å². The van der Waals surface area contributed by atoms with Crippen molar-refractivity contribution in [2.45, 2.75) is 31.8 Å². The van der Waals surface area contributed by atoms with Crippen molar-refractivity contribution in [1.82, 2.24) is 20.1 Å². The molecule has 118 valence electrons. The normalized spacial score (nSPS) is 19.0. The highest BCUT2D eigenvalue weighted by molar-refractivity contribution is 7.15. The Labute approximate surface area is 140 Å². The first-order chi connectivity index (χ1) is 11.4. The molecule has 0 aromatic carbocycles. The van der Waals surface area contributed by atoms with Crippen molar-refractivity contribution in [3.63, 3.8) is 0 Å². The van der Waals surface area contributed by atoms with Gasteiger partial charge in [-0.1, -0.05) is 12.5 Å². The third-order valence-corrected chi connectivity index (χ3v) is 5.53. The first kappa shape index (κ1) is 14.6. The van der Waals surface area contributed by atoms with Gasteiger partial charge in [0.25, 0.3) is 0 Å². The van der Waals surface area contributed by atoms with E-state index >= 15 is 0 Å². The number of thiophene rings is 1. The van der Waals surface area contributed by atoms with Crippen molar-refractivity contribution in [1.29, 1.82) is 0 Å². The molecule has 1 atom stereocenters. The number of aromatic nitrogens is 3. The molecule has 0 spiro atoms. The van der Waals surface area contributed by atoms with Crippen LogP contribution in [0.25, 0.3) is 10.6 Å². The Morgan fingerprint density at radius 2 is 2.13 bits per heavy atom. The van der Waals surface area contributed by atoms with Gasteiger partial charge in [0.15, 0.2) is 0 Å². The van der Waals surface area contributed by atoms with E-state index in [-0.39, 0.29) is 0 Å². The Morgan fingerprint density at radius 3 is 2.96 bits per heavy atom. The molecule has 5 heteroatoms. The Bertz CT molecular complexity index is 735. The second-order valence-electron chi connectivity index (χ2n) is 5.97. The van der Waals surface area contributed by atoms with Crippen LogP contribution >= 0.6 is 11.3 Å². The zero-order valence-corrected chi connectivity index (χ0v) is 13.8. The fourth-order valence-corrected chi connectivity index (χ4v) is 4.30. The quantitative estimate of drug-likeness (QED) is 0.780. The first-order valence-electron chi connectivity index (χ1n) is 8.13. The van der Waals surface area contributed by atoms with Gasteiger partial charge >= 0.3 is 0 Å². The number of hydrogen-bond donors (Lipinski definition) is 1.